The molecule has 4 aliphatic rings. The topological polar surface area (TPSA) is 222 Å². The number of amides is 4. The van der Waals surface area contributed by atoms with Gasteiger partial charge in [-0.1, -0.05) is 0 Å². The van der Waals surface area contributed by atoms with Gasteiger partial charge in [0.1, 0.15) is 18.6 Å². The molecule has 2 saturated heterocycles. The summed E-state index contributed by atoms with van der Waals surface area (Å²) in [7, 11) is 1.50. The third kappa shape index (κ3) is 2.77. The van der Waals surface area contributed by atoms with Crippen LogP contribution >= 0.6 is 0 Å². The van der Waals surface area contributed by atoms with Crippen LogP contribution in [0.3, 0.4) is 0 Å². The van der Waals surface area contributed by atoms with Gasteiger partial charge in [0.2, 0.25) is 11.7 Å². The normalized spacial score (nSPS) is 32.3. The second-order valence-electron chi connectivity index (χ2n) is 8.41. The number of nitrogens with two attached hydrogens (primary N) is 2. The Labute approximate surface area is 186 Å². The first-order chi connectivity index (χ1) is 15.6. The largest absolute Gasteiger partial charge is 0.370 e. The zero-order chi connectivity index (χ0) is 23.7. The molecular weight excluding hydrogens is 438 g/mol. The number of hydrogen-bond donors (Lipinski definition) is 7. The summed E-state index contributed by atoms with van der Waals surface area (Å²) in [6.07, 6.45) is 2.81. The number of likely N-dealkylation sites (N-methyl/N-ethyl adjacent to an activating group) is 1. The van der Waals surface area contributed by atoms with Crippen LogP contribution in [0.5, 0.6) is 0 Å². The SMILES string of the molecule is CN1CC(=O)N(C[C@@H]2N=C(N)N3C[C@H](NC(=O)n4cccn4)C(O)(O)[C@@]34NC(N)=[NH+][C@@H]24)C1=O. The number of aromatic nitrogens is 2. The van der Waals surface area contributed by atoms with Crippen LogP contribution < -0.4 is 27.1 Å². The Morgan fingerprint density at radius 3 is 2.79 bits per heavy atom. The lowest BCUT2D eigenvalue weighted by Crippen LogP contribution is -2.90. The van der Waals surface area contributed by atoms with Crippen molar-refractivity contribution in [3.63, 3.8) is 0 Å². The number of imide groups is 1. The number of nitrogens with one attached hydrogen (secondary N) is 3. The van der Waals surface area contributed by atoms with Gasteiger partial charge in [-0.3, -0.25) is 25.3 Å². The van der Waals surface area contributed by atoms with Crippen molar-refractivity contribution in [1.82, 2.24) is 35.1 Å². The van der Waals surface area contributed by atoms with Crippen molar-refractivity contribution >= 4 is 29.9 Å². The predicted molar refractivity (Wildman–Crippen MR) is 109 cm³/mol. The van der Waals surface area contributed by atoms with Gasteiger partial charge in [0.25, 0.3) is 5.66 Å². The van der Waals surface area contributed by atoms with Gasteiger partial charge < -0.3 is 26.2 Å². The number of urea groups is 1. The van der Waals surface area contributed by atoms with E-state index in [9.17, 15) is 24.6 Å². The minimum absolute atomic E-state index is 0.0163. The smallest absolute Gasteiger partial charge is 0.343 e. The fourth-order valence-electron chi connectivity index (χ4n) is 4.96. The van der Waals surface area contributed by atoms with Gasteiger partial charge in [-0.25, -0.2) is 19.9 Å². The average Bonchev–Trinajstić information content (AvgIpc) is 3.48. The van der Waals surface area contributed by atoms with E-state index in [1.165, 1.54) is 29.2 Å². The molecule has 4 atom stereocenters. The van der Waals surface area contributed by atoms with Gasteiger partial charge in [0.15, 0.2) is 12.0 Å². The summed E-state index contributed by atoms with van der Waals surface area (Å²) in [6.45, 7) is -0.353. The molecule has 0 radical (unpaired) electrons. The second-order valence-corrected chi connectivity index (χ2v) is 8.41. The molecule has 0 unspecified atom stereocenters. The van der Waals surface area contributed by atoms with Crippen LogP contribution in [-0.4, -0.2) is 121 Å². The van der Waals surface area contributed by atoms with E-state index in [0.29, 0.717) is 0 Å². The van der Waals surface area contributed by atoms with Crippen molar-refractivity contribution in [2.24, 2.45) is 16.5 Å². The molecular formula is C17H24N11O5+. The molecule has 1 aromatic heterocycles. The Hall–Kier alpha value is -3.92. The van der Waals surface area contributed by atoms with E-state index in [1.807, 2.05) is 0 Å². The van der Waals surface area contributed by atoms with Crippen LogP contribution in [0.2, 0.25) is 0 Å². The molecule has 5 rings (SSSR count). The van der Waals surface area contributed by atoms with Crippen LogP contribution in [0.1, 0.15) is 0 Å². The first-order valence-electron chi connectivity index (χ1n) is 10.1. The second kappa shape index (κ2) is 6.79. The molecule has 16 heteroatoms. The molecule has 1 aromatic rings. The number of carbonyl (C=O) groups is 3. The molecule has 5 heterocycles. The number of carbonyl (C=O) groups excluding carboxylic acids is 3. The average molecular weight is 462 g/mol. The maximum atomic E-state index is 12.5. The molecule has 176 valence electrons. The van der Waals surface area contributed by atoms with Crippen LogP contribution in [0.25, 0.3) is 0 Å². The Kier molecular flexibility index (Phi) is 4.31. The van der Waals surface area contributed by atoms with Crippen molar-refractivity contribution in [2.75, 3.05) is 26.7 Å². The van der Waals surface area contributed by atoms with Crippen LogP contribution in [0.15, 0.2) is 23.5 Å². The summed E-state index contributed by atoms with van der Waals surface area (Å²) < 4.78 is 1.00. The fraction of sp³-hybridized carbons (Fsp3) is 0.529. The summed E-state index contributed by atoms with van der Waals surface area (Å²) in [5.41, 5.74) is 10.4. The quantitative estimate of drug-likeness (QED) is 0.166. The summed E-state index contributed by atoms with van der Waals surface area (Å²) in [6, 6.07) is -2.65. The van der Waals surface area contributed by atoms with E-state index >= 15 is 0 Å². The van der Waals surface area contributed by atoms with E-state index in [0.717, 1.165) is 9.58 Å². The summed E-state index contributed by atoms with van der Waals surface area (Å²) in [5.74, 6) is -3.08. The Balaban J connectivity index is 1.48. The summed E-state index contributed by atoms with van der Waals surface area (Å²) >= 11 is 0. The van der Waals surface area contributed by atoms with E-state index in [2.05, 4.69) is 25.7 Å². The minimum Gasteiger partial charge on any atom is -0.370 e. The number of aliphatic hydroxyl groups is 2. The highest BCUT2D eigenvalue weighted by Crippen LogP contribution is 2.41. The van der Waals surface area contributed by atoms with Crippen molar-refractivity contribution in [3.05, 3.63) is 18.5 Å². The van der Waals surface area contributed by atoms with Gasteiger partial charge in [0.05, 0.1) is 13.1 Å². The van der Waals surface area contributed by atoms with Gasteiger partial charge >= 0.3 is 18.0 Å². The molecule has 4 aliphatic heterocycles. The third-order valence-corrected chi connectivity index (χ3v) is 6.49. The van der Waals surface area contributed by atoms with Crippen molar-refractivity contribution in [1.29, 1.82) is 0 Å². The molecule has 1 spiro atoms. The number of guanidine groups is 2. The molecule has 0 saturated carbocycles. The lowest BCUT2D eigenvalue weighted by atomic mass is 9.85. The Bertz CT molecular complexity index is 1090. The van der Waals surface area contributed by atoms with Gasteiger partial charge in [0, 0.05) is 19.4 Å². The molecule has 2 fully saturated rings. The molecule has 33 heavy (non-hydrogen) atoms. The third-order valence-electron chi connectivity index (χ3n) is 6.49. The fourth-order valence-corrected chi connectivity index (χ4v) is 4.96. The maximum absolute atomic E-state index is 12.5. The minimum atomic E-state index is -2.61. The van der Waals surface area contributed by atoms with Crippen LogP contribution in [0, 0.1) is 0 Å². The van der Waals surface area contributed by atoms with E-state index in [4.69, 9.17) is 11.5 Å². The standard InChI is InChI=1S/C17H23N11O5/c1-25-7-10(29)26(15(25)31)5-8-11-16(24-12(18)23-11)17(32,33)9(6-27(16)13(19)21-8)22-14(30)28-4-2-3-20-28/h2-4,8-9,11,32-33H,5-7H2,1H3,(H2,19,21)(H,22,30)(H3,18,23,24)/p+1/t8-,9-,11-,16-/m0/s1. The highest BCUT2D eigenvalue weighted by Gasteiger charge is 2.76. The van der Waals surface area contributed by atoms with Crippen LogP contribution in [0.4, 0.5) is 9.59 Å². The molecule has 9 N–H and O–H groups in total. The maximum Gasteiger partial charge on any atom is 0.343 e. The zero-order valence-corrected chi connectivity index (χ0v) is 17.5. The lowest BCUT2D eigenvalue weighted by molar-refractivity contribution is -0.521. The van der Waals surface area contributed by atoms with Gasteiger partial charge in [-0.15, -0.1) is 0 Å². The van der Waals surface area contributed by atoms with Crippen molar-refractivity contribution < 1.29 is 29.6 Å². The van der Waals surface area contributed by atoms with Crippen molar-refractivity contribution in [3.8, 4) is 0 Å². The van der Waals surface area contributed by atoms with E-state index in [1.54, 1.807) is 6.07 Å². The van der Waals surface area contributed by atoms with Crippen molar-refractivity contribution in [2.45, 2.75) is 29.6 Å². The zero-order valence-electron chi connectivity index (χ0n) is 17.5. The molecule has 0 aromatic carbocycles. The summed E-state index contributed by atoms with van der Waals surface area (Å²) in [4.78, 5) is 48.2. The van der Waals surface area contributed by atoms with Gasteiger partial charge in [-0.05, 0) is 6.07 Å². The molecule has 16 nitrogen and oxygen atoms in total. The Morgan fingerprint density at radius 2 is 2.15 bits per heavy atom. The highest BCUT2D eigenvalue weighted by molar-refractivity contribution is 6.02. The summed E-state index contributed by atoms with van der Waals surface area (Å²) in [5, 5.41) is 31.9. The van der Waals surface area contributed by atoms with Gasteiger partial charge in [-0.2, -0.15) is 9.78 Å². The first kappa shape index (κ1) is 21.0. The monoisotopic (exact) mass is 462 g/mol. The highest BCUT2D eigenvalue weighted by atomic mass is 16.5. The lowest BCUT2D eigenvalue weighted by Gasteiger charge is -2.46. The predicted octanol–water partition coefficient (Wildman–Crippen LogP) is -6.54. The first-order valence-corrected chi connectivity index (χ1v) is 10.1. The number of nitrogens with zero attached hydrogens (tertiary/aromatic N) is 6. The number of rotatable bonds is 3. The molecule has 4 amide bonds. The van der Waals surface area contributed by atoms with E-state index < -0.39 is 47.5 Å². The van der Waals surface area contributed by atoms with Crippen LogP contribution in [-0.2, 0) is 4.79 Å². The molecule has 0 aliphatic carbocycles. The molecule has 0 bridgehead atoms. The Morgan fingerprint density at radius 1 is 1.39 bits per heavy atom. The number of aliphatic imine (C=N–C) groups is 1. The van der Waals surface area contributed by atoms with E-state index in [-0.39, 0.29) is 31.6 Å². The number of hydrogen-bond acceptors (Lipinski definition) is 11.